The Hall–Kier alpha value is -0.0800. The van der Waals surface area contributed by atoms with Crippen molar-refractivity contribution in [1.82, 2.24) is 0 Å². The van der Waals surface area contributed by atoms with Crippen molar-refractivity contribution in [2.24, 2.45) is 46.8 Å². The fourth-order valence-corrected chi connectivity index (χ4v) is 9.32. The molecular weight excluding hydrogens is 368 g/mol. The van der Waals surface area contributed by atoms with Crippen LogP contribution < -0.4 is 0 Å². The summed E-state index contributed by atoms with van der Waals surface area (Å²) in [5.41, 5.74) is -0.308. The fourth-order valence-electron chi connectivity index (χ4n) is 9.32. The molecule has 4 fully saturated rings. The van der Waals surface area contributed by atoms with Crippen molar-refractivity contribution in [1.29, 1.82) is 0 Å². The molecule has 0 bridgehead atoms. The van der Waals surface area contributed by atoms with Crippen LogP contribution in [0.25, 0.3) is 0 Å². The number of aliphatic hydroxyl groups is 2. The van der Waals surface area contributed by atoms with Gasteiger partial charge in [-0.15, -0.1) is 0 Å². The van der Waals surface area contributed by atoms with Gasteiger partial charge in [-0.1, -0.05) is 33.6 Å². The average molecular weight is 419 g/mol. The molecule has 0 spiro atoms. The predicted molar refractivity (Wildman–Crippen MR) is 125 cm³/mol. The van der Waals surface area contributed by atoms with Gasteiger partial charge in [0.1, 0.15) is 0 Å². The molecule has 4 rings (SSSR count). The van der Waals surface area contributed by atoms with Crippen molar-refractivity contribution in [3.63, 3.8) is 0 Å². The maximum atomic E-state index is 10.9. The van der Waals surface area contributed by atoms with Crippen molar-refractivity contribution < 1.29 is 10.2 Å². The molecule has 9 atom stereocenters. The number of fused-ring (bicyclic) bond motifs is 5. The van der Waals surface area contributed by atoms with Crippen molar-refractivity contribution in [2.75, 3.05) is 0 Å². The second-order valence-electron chi connectivity index (χ2n) is 13.2. The minimum atomic E-state index is -0.511. The topological polar surface area (TPSA) is 40.5 Å². The van der Waals surface area contributed by atoms with Gasteiger partial charge in [0, 0.05) is 0 Å². The summed E-state index contributed by atoms with van der Waals surface area (Å²) in [5, 5.41) is 21.0. The smallest absolute Gasteiger partial charge is 0.0648 e. The van der Waals surface area contributed by atoms with Crippen LogP contribution >= 0.6 is 0 Å². The van der Waals surface area contributed by atoms with Crippen LogP contribution in [0.3, 0.4) is 0 Å². The third kappa shape index (κ3) is 4.26. The first-order chi connectivity index (χ1) is 14.1. The van der Waals surface area contributed by atoms with Crippen LogP contribution in [0.5, 0.6) is 0 Å². The highest BCUT2D eigenvalue weighted by Crippen LogP contribution is 2.66. The lowest BCUT2D eigenvalue weighted by Gasteiger charge is -2.57. The van der Waals surface area contributed by atoms with Crippen molar-refractivity contribution in [3.05, 3.63) is 0 Å². The molecule has 0 aliphatic heterocycles. The predicted octanol–water partition coefficient (Wildman–Crippen LogP) is 6.97. The average Bonchev–Trinajstić information content (AvgIpc) is 3.04. The molecule has 0 radical (unpaired) electrons. The maximum Gasteiger partial charge on any atom is 0.0648 e. The van der Waals surface area contributed by atoms with E-state index >= 15 is 0 Å². The van der Waals surface area contributed by atoms with Gasteiger partial charge in [0.25, 0.3) is 0 Å². The molecule has 2 nitrogen and oxygen atoms in total. The van der Waals surface area contributed by atoms with E-state index in [1.165, 1.54) is 51.4 Å². The Morgan fingerprint density at radius 3 is 2.40 bits per heavy atom. The lowest BCUT2D eigenvalue weighted by molar-refractivity contribution is -0.109. The van der Waals surface area contributed by atoms with Crippen LogP contribution in [0.1, 0.15) is 118 Å². The maximum absolute atomic E-state index is 10.9. The largest absolute Gasteiger partial charge is 0.390 e. The van der Waals surface area contributed by atoms with E-state index in [9.17, 15) is 10.2 Å². The van der Waals surface area contributed by atoms with E-state index in [1.807, 2.05) is 13.8 Å². The first-order valence-electron chi connectivity index (χ1n) is 13.5. The molecule has 2 N–H and O–H groups in total. The van der Waals surface area contributed by atoms with Gasteiger partial charge in [0.2, 0.25) is 0 Å². The van der Waals surface area contributed by atoms with E-state index in [4.69, 9.17) is 0 Å². The van der Waals surface area contributed by atoms with Gasteiger partial charge >= 0.3 is 0 Å². The first kappa shape index (κ1) is 23.1. The number of hydrogen-bond acceptors (Lipinski definition) is 2. The Morgan fingerprint density at radius 1 is 0.967 bits per heavy atom. The van der Waals surface area contributed by atoms with E-state index in [1.54, 1.807) is 0 Å². The summed E-state index contributed by atoms with van der Waals surface area (Å²) in [6.07, 6.45) is 16.4. The van der Waals surface area contributed by atoms with Crippen LogP contribution in [0.2, 0.25) is 0 Å². The highest BCUT2D eigenvalue weighted by atomic mass is 16.3. The van der Waals surface area contributed by atoms with Crippen molar-refractivity contribution in [2.45, 2.75) is 129 Å². The standard InChI is InChI=1S/C28H50O2/c1-6-28(30)17-14-21-20(18-28)9-10-23-22(21)13-16-27(5)24(11-12-25(23)27)19(2)8-7-15-26(3,4)29/h19-25,29-30H,6-18H2,1-5H3/t19-,20-,21+,22-,23-,24-,25+,27-,28+/m1/s1. The third-order valence-corrected chi connectivity index (χ3v) is 11.0. The van der Waals surface area contributed by atoms with Gasteiger partial charge in [-0.05, 0) is 131 Å². The monoisotopic (exact) mass is 418 g/mol. The Kier molecular flexibility index (Phi) is 6.44. The molecule has 4 aliphatic carbocycles. The second kappa shape index (κ2) is 8.36. The van der Waals surface area contributed by atoms with E-state index < -0.39 is 5.60 Å². The summed E-state index contributed by atoms with van der Waals surface area (Å²) < 4.78 is 0. The van der Waals surface area contributed by atoms with Crippen molar-refractivity contribution in [3.8, 4) is 0 Å². The van der Waals surface area contributed by atoms with Gasteiger partial charge in [0.05, 0.1) is 11.2 Å². The Morgan fingerprint density at radius 2 is 1.70 bits per heavy atom. The molecule has 0 aromatic rings. The molecule has 2 heteroatoms. The molecule has 0 heterocycles. The Bertz CT molecular complexity index is 594. The molecule has 4 saturated carbocycles. The van der Waals surface area contributed by atoms with E-state index in [0.29, 0.717) is 5.41 Å². The minimum absolute atomic E-state index is 0.353. The van der Waals surface area contributed by atoms with Gasteiger partial charge in [0.15, 0.2) is 0 Å². The highest BCUT2D eigenvalue weighted by Gasteiger charge is 2.58. The summed E-state index contributed by atoms with van der Waals surface area (Å²) in [6.45, 7) is 11.3. The fraction of sp³-hybridized carbons (Fsp3) is 1.00. The quantitative estimate of drug-likeness (QED) is 0.489. The molecule has 0 saturated heterocycles. The zero-order chi connectivity index (χ0) is 21.7. The number of hydrogen-bond donors (Lipinski definition) is 2. The van der Waals surface area contributed by atoms with Crippen LogP contribution in [0, 0.1) is 46.8 Å². The Balaban J connectivity index is 1.40. The first-order valence-corrected chi connectivity index (χ1v) is 13.5. The normalized spacial score (nSPS) is 47.3. The van der Waals surface area contributed by atoms with Gasteiger partial charge in [-0.2, -0.15) is 0 Å². The SMILES string of the molecule is CC[C@]1(O)CC[C@H]2[C@H](CC[C@@H]3[C@@H]2CC[C@]2(C)[C@@H]([C@H](C)CCCC(C)(C)O)CC[C@@H]32)C1. The van der Waals surface area contributed by atoms with Crippen LogP contribution in [-0.2, 0) is 0 Å². The van der Waals surface area contributed by atoms with Gasteiger partial charge in [-0.3, -0.25) is 0 Å². The molecule has 0 aromatic heterocycles. The van der Waals surface area contributed by atoms with E-state index in [-0.39, 0.29) is 5.60 Å². The second-order valence-corrected chi connectivity index (χ2v) is 13.2. The molecular formula is C28H50O2. The zero-order valence-electron chi connectivity index (χ0n) is 20.6. The van der Waals surface area contributed by atoms with Gasteiger partial charge in [-0.25, -0.2) is 0 Å². The minimum Gasteiger partial charge on any atom is -0.390 e. The van der Waals surface area contributed by atoms with E-state index in [2.05, 4.69) is 20.8 Å². The summed E-state index contributed by atoms with van der Waals surface area (Å²) in [7, 11) is 0. The summed E-state index contributed by atoms with van der Waals surface area (Å²) in [4.78, 5) is 0. The van der Waals surface area contributed by atoms with E-state index in [0.717, 1.165) is 73.5 Å². The summed E-state index contributed by atoms with van der Waals surface area (Å²) >= 11 is 0. The highest BCUT2D eigenvalue weighted by molar-refractivity contribution is 5.07. The van der Waals surface area contributed by atoms with Crippen LogP contribution in [0.15, 0.2) is 0 Å². The Labute approximate surface area is 186 Å². The summed E-state index contributed by atoms with van der Waals surface area (Å²) in [6, 6.07) is 0. The zero-order valence-corrected chi connectivity index (χ0v) is 20.6. The van der Waals surface area contributed by atoms with Crippen LogP contribution in [0.4, 0.5) is 0 Å². The third-order valence-electron chi connectivity index (χ3n) is 11.0. The lowest BCUT2D eigenvalue weighted by Crippen LogP contribution is -2.51. The molecule has 30 heavy (non-hydrogen) atoms. The van der Waals surface area contributed by atoms with Gasteiger partial charge < -0.3 is 10.2 Å². The molecule has 0 unspecified atom stereocenters. The van der Waals surface area contributed by atoms with Crippen molar-refractivity contribution >= 4 is 0 Å². The molecule has 0 aromatic carbocycles. The summed E-state index contributed by atoms with van der Waals surface area (Å²) in [5.74, 6) is 6.25. The molecule has 4 aliphatic rings. The number of rotatable bonds is 6. The molecule has 174 valence electrons. The molecule has 0 amide bonds. The lowest BCUT2D eigenvalue weighted by atomic mass is 9.48. The van der Waals surface area contributed by atoms with Crippen LogP contribution in [-0.4, -0.2) is 21.4 Å².